The minimum absolute atomic E-state index is 0.0649. The van der Waals surface area contributed by atoms with E-state index in [4.69, 9.17) is 0 Å². The number of fused-ring (bicyclic) bond motifs is 1. The van der Waals surface area contributed by atoms with Crippen molar-refractivity contribution in [3.8, 4) is 16.9 Å². The third-order valence-electron chi connectivity index (χ3n) is 7.68. The molecule has 4 rings (SSSR count). The van der Waals surface area contributed by atoms with E-state index in [1.165, 1.54) is 81.9 Å². The fourth-order valence-corrected chi connectivity index (χ4v) is 5.58. The minimum atomic E-state index is -2.87. The third-order valence-corrected chi connectivity index (χ3v) is 7.68. The Morgan fingerprint density at radius 3 is 2.23 bits per heavy atom. The molecule has 0 radical (unpaired) electrons. The zero-order valence-corrected chi connectivity index (χ0v) is 20.7. The first-order valence-electron chi connectivity index (χ1n) is 13.3. The first kappa shape index (κ1) is 25.6. The van der Waals surface area contributed by atoms with E-state index >= 15 is 4.39 Å². The number of unbranched alkanes of at least 4 members (excludes halogenated alkanes) is 3. The van der Waals surface area contributed by atoms with Gasteiger partial charge in [-0.1, -0.05) is 107 Å². The summed E-state index contributed by atoms with van der Waals surface area (Å²) in [5.41, 5.74) is 2.36. The quantitative estimate of drug-likeness (QED) is 0.247. The molecular formula is C31H37F3O. The van der Waals surface area contributed by atoms with Gasteiger partial charge in [0.25, 0.3) is 0 Å². The maximum atomic E-state index is 15.3. The van der Waals surface area contributed by atoms with Crippen molar-refractivity contribution in [2.45, 2.75) is 84.2 Å². The van der Waals surface area contributed by atoms with E-state index in [-0.39, 0.29) is 11.6 Å². The number of hydrogen-bond acceptors (Lipinski definition) is 1. The second-order valence-electron chi connectivity index (χ2n) is 10.2. The van der Waals surface area contributed by atoms with Crippen molar-refractivity contribution in [1.29, 1.82) is 0 Å². The molecule has 0 atom stereocenters. The fraction of sp³-hybridized carbons (Fsp3) is 0.484. The molecule has 1 fully saturated rings. The van der Waals surface area contributed by atoms with E-state index in [0.29, 0.717) is 16.5 Å². The Kier molecular flexibility index (Phi) is 9.12. The van der Waals surface area contributed by atoms with Crippen LogP contribution in [0.2, 0.25) is 0 Å². The fourth-order valence-electron chi connectivity index (χ4n) is 5.58. The van der Waals surface area contributed by atoms with Gasteiger partial charge in [-0.15, -0.1) is 0 Å². The van der Waals surface area contributed by atoms with Crippen molar-refractivity contribution in [3.05, 3.63) is 66.0 Å². The van der Waals surface area contributed by atoms with E-state index in [1.54, 1.807) is 18.2 Å². The van der Waals surface area contributed by atoms with Crippen molar-refractivity contribution in [2.75, 3.05) is 0 Å². The summed E-state index contributed by atoms with van der Waals surface area (Å²) in [5.74, 6) is 1.53. The Balaban J connectivity index is 1.33. The molecule has 1 nitrogen and oxygen atoms in total. The lowest BCUT2D eigenvalue weighted by atomic mass is 9.77. The van der Waals surface area contributed by atoms with Crippen LogP contribution in [0.1, 0.15) is 76.7 Å². The number of benzene rings is 3. The lowest BCUT2D eigenvalue weighted by molar-refractivity contribution is -0.0498. The van der Waals surface area contributed by atoms with Gasteiger partial charge in [-0.3, -0.25) is 0 Å². The van der Waals surface area contributed by atoms with Crippen molar-refractivity contribution < 1.29 is 17.9 Å². The molecule has 188 valence electrons. The van der Waals surface area contributed by atoms with Crippen LogP contribution in [0, 0.1) is 17.7 Å². The number of aryl methyl sites for hydroxylation is 1. The largest absolute Gasteiger partial charge is 0.435 e. The molecule has 1 saturated carbocycles. The van der Waals surface area contributed by atoms with Crippen LogP contribution in [-0.4, -0.2) is 6.61 Å². The van der Waals surface area contributed by atoms with Gasteiger partial charge in [0.15, 0.2) is 0 Å². The summed E-state index contributed by atoms with van der Waals surface area (Å²) in [6, 6.07) is 15.9. The van der Waals surface area contributed by atoms with Crippen molar-refractivity contribution in [2.24, 2.45) is 11.8 Å². The average molecular weight is 483 g/mol. The summed E-state index contributed by atoms with van der Waals surface area (Å²) < 4.78 is 44.4. The Bertz CT molecular complexity index is 1070. The topological polar surface area (TPSA) is 9.23 Å². The van der Waals surface area contributed by atoms with Crippen molar-refractivity contribution in [3.63, 3.8) is 0 Å². The van der Waals surface area contributed by atoms with Gasteiger partial charge in [-0.2, -0.15) is 8.78 Å². The summed E-state index contributed by atoms with van der Waals surface area (Å²) in [6.45, 7) is -0.602. The van der Waals surface area contributed by atoms with Gasteiger partial charge in [0.05, 0.1) is 0 Å². The second-order valence-corrected chi connectivity index (χ2v) is 10.2. The number of halogens is 3. The zero-order chi connectivity index (χ0) is 24.6. The smallest absolute Gasteiger partial charge is 0.387 e. The van der Waals surface area contributed by atoms with Crippen LogP contribution in [-0.2, 0) is 6.42 Å². The standard InChI is InChI=1S/C31H37F3O/c1-2-3-4-5-6-22-7-9-23(10-8-22)11-12-24-13-19-29-26(21-24)16-20-28(30(29)32)25-14-17-27(18-15-25)35-31(33)34/h13-23,31H,2-12H2,1H3/t22-,23-. The van der Waals surface area contributed by atoms with Crippen LogP contribution in [0.15, 0.2) is 54.6 Å². The highest BCUT2D eigenvalue weighted by atomic mass is 19.3. The molecule has 0 aromatic heterocycles. The molecule has 0 unspecified atom stereocenters. The molecule has 0 N–H and O–H groups in total. The molecular weight excluding hydrogens is 445 g/mol. The zero-order valence-electron chi connectivity index (χ0n) is 20.7. The molecule has 0 spiro atoms. The number of rotatable bonds is 11. The molecule has 3 aromatic carbocycles. The van der Waals surface area contributed by atoms with Crippen LogP contribution in [0.3, 0.4) is 0 Å². The molecule has 35 heavy (non-hydrogen) atoms. The van der Waals surface area contributed by atoms with Gasteiger partial charge >= 0.3 is 6.61 Å². The molecule has 4 heteroatoms. The first-order chi connectivity index (χ1) is 17.0. The molecule has 0 bridgehead atoms. The average Bonchev–Trinajstić information content (AvgIpc) is 2.86. The molecule has 1 aliphatic rings. The van der Waals surface area contributed by atoms with Crippen LogP contribution in [0.5, 0.6) is 5.75 Å². The van der Waals surface area contributed by atoms with Crippen LogP contribution < -0.4 is 4.74 Å². The van der Waals surface area contributed by atoms with Gasteiger partial charge in [0.2, 0.25) is 0 Å². The maximum Gasteiger partial charge on any atom is 0.387 e. The predicted molar refractivity (Wildman–Crippen MR) is 139 cm³/mol. The highest BCUT2D eigenvalue weighted by Gasteiger charge is 2.21. The number of ether oxygens (including phenoxy) is 1. The summed E-state index contributed by atoms with van der Waals surface area (Å²) in [4.78, 5) is 0. The summed E-state index contributed by atoms with van der Waals surface area (Å²) in [6.07, 6.45) is 14.6. The van der Waals surface area contributed by atoms with Gasteiger partial charge < -0.3 is 4.74 Å². The third kappa shape index (κ3) is 7.02. The molecule has 3 aromatic rings. The Hall–Kier alpha value is -2.49. The molecule has 0 aliphatic heterocycles. The van der Waals surface area contributed by atoms with Crippen molar-refractivity contribution in [1.82, 2.24) is 0 Å². The van der Waals surface area contributed by atoms with Crippen LogP contribution in [0.25, 0.3) is 21.9 Å². The van der Waals surface area contributed by atoms with Gasteiger partial charge in [-0.25, -0.2) is 4.39 Å². The Morgan fingerprint density at radius 2 is 1.54 bits per heavy atom. The molecule has 1 aliphatic carbocycles. The molecule has 0 amide bonds. The van der Waals surface area contributed by atoms with E-state index in [0.717, 1.165) is 23.6 Å². The van der Waals surface area contributed by atoms with E-state index in [9.17, 15) is 8.78 Å². The van der Waals surface area contributed by atoms with Crippen molar-refractivity contribution >= 4 is 10.8 Å². The van der Waals surface area contributed by atoms with E-state index in [1.807, 2.05) is 18.2 Å². The maximum absolute atomic E-state index is 15.3. The Morgan fingerprint density at radius 1 is 0.829 bits per heavy atom. The second kappa shape index (κ2) is 12.5. The van der Waals surface area contributed by atoms with Gasteiger partial charge in [-0.05, 0) is 53.3 Å². The first-order valence-corrected chi connectivity index (χ1v) is 13.3. The normalized spacial score (nSPS) is 18.3. The highest BCUT2D eigenvalue weighted by Crippen LogP contribution is 2.35. The van der Waals surface area contributed by atoms with Gasteiger partial charge in [0, 0.05) is 10.9 Å². The van der Waals surface area contributed by atoms with E-state index in [2.05, 4.69) is 17.7 Å². The lowest BCUT2D eigenvalue weighted by Crippen LogP contribution is -2.15. The SMILES string of the molecule is CCCCCC[C@H]1CC[C@H](CCc2ccc3c(F)c(-c4ccc(OC(F)F)cc4)ccc3c2)CC1. The van der Waals surface area contributed by atoms with Crippen LogP contribution >= 0.6 is 0 Å². The molecule has 0 heterocycles. The van der Waals surface area contributed by atoms with Crippen LogP contribution in [0.4, 0.5) is 13.2 Å². The number of hydrogen-bond donors (Lipinski definition) is 0. The Labute approximate surface area is 207 Å². The van der Waals surface area contributed by atoms with E-state index < -0.39 is 6.61 Å². The summed E-state index contributed by atoms with van der Waals surface area (Å²) in [5, 5.41) is 1.49. The summed E-state index contributed by atoms with van der Waals surface area (Å²) in [7, 11) is 0. The minimum Gasteiger partial charge on any atom is -0.435 e. The lowest BCUT2D eigenvalue weighted by Gasteiger charge is -2.28. The number of alkyl halides is 2. The monoisotopic (exact) mass is 482 g/mol. The molecule has 0 saturated heterocycles. The highest BCUT2D eigenvalue weighted by molar-refractivity contribution is 5.88. The summed E-state index contributed by atoms with van der Waals surface area (Å²) >= 11 is 0. The van der Waals surface area contributed by atoms with Gasteiger partial charge in [0.1, 0.15) is 11.6 Å². The predicted octanol–water partition coefficient (Wildman–Crippen LogP) is 9.96.